The van der Waals surface area contributed by atoms with Gasteiger partial charge in [-0.2, -0.15) is 5.26 Å². The largest absolute Gasteiger partial charge is 0.376 e. The van der Waals surface area contributed by atoms with Crippen molar-refractivity contribution in [2.45, 2.75) is 19.3 Å². The quantitative estimate of drug-likeness (QED) is 0.319. The molecule has 1 heterocycles. The molecular formula is C13H19ClN4O2. The molecule has 3 N–H and O–H groups in total. The van der Waals surface area contributed by atoms with Crippen LogP contribution in [0, 0.1) is 17.2 Å². The molecule has 0 aromatic heterocycles. The number of nitriles is 1. The molecule has 1 rings (SSSR count). The summed E-state index contributed by atoms with van der Waals surface area (Å²) in [5.41, 5.74) is 5.32. The summed E-state index contributed by atoms with van der Waals surface area (Å²) >= 11 is 5.52. The number of nitrogens with zero attached hydrogens (tertiary/aromatic N) is 2. The fourth-order valence-corrected chi connectivity index (χ4v) is 2.13. The average molecular weight is 299 g/mol. The molecule has 0 radical (unpaired) electrons. The second-order valence-corrected chi connectivity index (χ2v) is 5.04. The summed E-state index contributed by atoms with van der Waals surface area (Å²) in [6.07, 6.45) is 3.51. The minimum absolute atomic E-state index is 0.0668. The number of hydrogen-bond acceptors (Lipinski definition) is 4. The predicted octanol–water partition coefficient (Wildman–Crippen LogP) is 0.336. The van der Waals surface area contributed by atoms with E-state index in [0.717, 1.165) is 0 Å². The third kappa shape index (κ3) is 5.10. The summed E-state index contributed by atoms with van der Waals surface area (Å²) < 4.78 is 0. The summed E-state index contributed by atoms with van der Waals surface area (Å²) in [5.74, 6) is -0.322. The molecule has 7 heteroatoms. The second-order valence-electron chi connectivity index (χ2n) is 4.67. The highest BCUT2D eigenvalue weighted by molar-refractivity contribution is 6.17. The van der Waals surface area contributed by atoms with Gasteiger partial charge in [-0.3, -0.25) is 9.59 Å². The standard InChI is InChI=1S/C13H19ClN4O2/c14-4-1-5-17-13(20)11(8-15)9-18-6-2-10(3-7-18)12(16)19/h9-10H,1-7H2,(H2,16,19)(H,17,20)/b11-9-. The van der Waals surface area contributed by atoms with E-state index in [4.69, 9.17) is 22.6 Å². The zero-order valence-electron chi connectivity index (χ0n) is 11.3. The average Bonchev–Trinajstić information content (AvgIpc) is 2.45. The summed E-state index contributed by atoms with van der Waals surface area (Å²) in [6, 6.07) is 1.89. The van der Waals surface area contributed by atoms with Crippen molar-refractivity contribution in [3.8, 4) is 6.07 Å². The van der Waals surface area contributed by atoms with Crippen molar-refractivity contribution >= 4 is 23.4 Å². The Kier molecular flexibility index (Phi) is 6.88. The number of amides is 2. The SMILES string of the molecule is N#C/C(=C/N1CCC(C(N)=O)CC1)C(=O)NCCCCl. The second kappa shape index (κ2) is 8.43. The van der Waals surface area contributed by atoms with E-state index in [2.05, 4.69) is 5.32 Å². The summed E-state index contributed by atoms with van der Waals surface area (Å²) in [7, 11) is 0. The number of nitrogens with one attached hydrogen (secondary N) is 1. The van der Waals surface area contributed by atoms with Crippen molar-refractivity contribution in [3.05, 3.63) is 11.8 Å². The van der Waals surface area contributed by atoms with Crippen LogP contribution in [-0.2, 0) is 9.59 Å². The lowest BCUT2D eigenvalue weighted by atomic mass is 9.96. The first kappa shape index (κ1) is 16.3. The Balaban J connectivity index is 2.52. The van der Waals surface area contributed by atoms with Crippen molar-refractivity contribution in [1.82, 2.24) is 10.2 Å². The number of piperidine rings is 1. The number of nitrogens with two attached hydrogens (primary N) is 1. The zero-order valence-corrected chi connectivity index (χ0v) is 12.0. The first-order chi connectivity index (χ1) is 9.58. The summed E-state index contributed by atoms with van der Waals surface area (Å²) in [5, 5.41) is 11.7. The Hall–Kier alpha value is -1.74. The van der Waals surface area contributed by atoms with Crippen LogP contribution in [0.25, 0.3) is 0 Å². The number of carbonyl (C=O) groups is 2. The van der Waals surface area contributed by atoms with Gasteiger partial charge >= 0.3 is 0 Å². The minimum Gasteiger partial charge on any atom is -0.376 e. The molecule has 1 aliphatic rings. The molecular weight excluding hydrogens is 280 g/mol. The van der Waals surface area contributed by atoms with Crippen LogP contribution in [0.4, 0.5) is 0 Å². The molecule has 0 saturated carbocycles. The highest BCUT2D eigenvalue weighted by atomic mass is 35.5. The van der Waals surface area contributed by atoms with Crippen LogP contribution >= 0.6 is 11.6 Å². The van der Waals surface area contributed by atoms with E-state index in [9.17, 15) is 9.59 Å². The molecule has 0 aliphatic carbocycles. The topological polar surface area (TPSA) is 99.2 Å². The monoisotopic (exact) mass is 298 g/mol. The third-order valence-corrected chi connectivity index (χ3v) is 3.47. The first-order valence-electron chi connectivity index (χ1n) is 6.58. The van der Waals surface area contributed by atoms with Gasteiger partial charge in [0.2, 0.25) is 5.91 Å². The maximum Gasteiger partial charge on any atom is 0.263 e. The molecule has 0 aromatic rings. The molecule has 0 unspecified atom stereocenters. The summed E-state index contributed by atoms with van der Waals surface area (Å²) in [6.45, 7) is 1.69. The molecule has 1 aliphatic heterocycles. The molecule has 0 spiro atoms. The van der Waals surface area contributed by atoms with E-state index in [1.54, 1.807) is 6.20 Å². The molecule has 0 aromatic carbocycles. The Morgan fingerprint density at radius 1 is 1.45 bits per heavy atom. The molecule has 2 amide bonds. The Bertz CT molecular complexity index is 423. The highest BCUT2D eigenvalue weighted by Gasteiger charge is 2.22. The van der Waals surface area contributed by atoms with Gasteiger partial charge in [-0.1, -0.05) is 0 Å². The fourth-order valence-electron chi connectivity index (χ4n) is 2.00. The van der Waals surface area contributed by atoms with Crippen molar-refractivity contribution < 1.29 is 9.59 Å². The van der Waals surface area contributed by atoms with Crippen molar-refractivity contribution in [3.63, 3.8) is 0 Å². The van der Waals surface area contributed by atoms with Gasteiger partial charge in [0.05, 0.1) is 0 Å². The minimum atomic E-state index is -0.394. The molecule has 0 bridgehead atoms. The number of likely N-dealkylation sites (tertiary alicyclic amines) is 1. The molecule has 1 saturated heterocycles. The van der Waals surface area contributed by atoms with Gasteiger partial charge in [-0.05, 0) is 19.3 Å². The first-order valence-corrected chi connectivity index (χ1v) is 7.11. The van der Waals surface area contributed by atoms with Gasteiger partial charge in [0.1, 0.15) is 11.6 Å². The fraction of sp³-hybridized carbons (Fsp3) is 0.615. The van der Waals surface area contributed by atoms with Gasteiger partial charge < -0.3 is 16.0 Å². The smallest absolute Gasteiger partial charge is 0.263 e. The number of carbonyl (C=O) groups excluding carboxylic acids is 2. The Morgan fingerprint density at radius 3 is 2.60 bits per heavy atom. The predicted molar refractivity (Wildman–Crippen MR) is 75.5 cm³/mol. The van der Waals surface area contributed by atoms with E-state index < -0.39 is 5.91 Å². The van der Waals surface area contributed by atoms with Crippen LogP contribution in [0.2, 0.25) is 0 Å². The Morgan fingerprint density at radius 2 is 2.10 bits per heavy atom. The van der Waals surface area contributed by atoms with Gasteiger partial charge in [-0.25, -0.2) is 0 Å². The van der Waals surface area contributed by atoms with Crippen LogP contribution in [0.15, 0.2) is 11.8 Å². The Labute approximate surface area is 123 Å². The number of halogens is 1. The van der Waals surface area contributed by atoms with E-state index in [0.29, 0.717) is 44.8 Å². The molecule has 1 fully saturated rings. The third-order valence-electron chi connectivity index (χ3n) is 3.20. The number of primary amides is 1. The number of rotatable bonds is 6. The lowest BCUT2D eigenvalue weighted by molar-refractivity contribution is -0.123. The lowest BCUT2D eigenvalue weighted by Crippen LogP contribution is -2.36. The number of hydrogen-bond donors (Lipinski definition) is 2. The van der Waals surface area contributed by atoms with Crippen LogP contribution in [0.1, 0.15) is 19.3 Å². The van der Waals surface area contributed by atoms with Crippen molar-refractivity contribution in [2.24, 2.45) is 11.7 Å². The lowest BCUT2D eigenvalue weighted by Gasteiger charge is -2.29. The molecule has 6 nitrogen and oxygen atoms in total. The van der Waals surface area contributed by atoms with Crippen LogP contribution in [0.3, 0.4) is 0 Å². The van der Waals surface area contributed by atoms with Gasteiger partial charge in [0.15, 0.2) is 0 Å². The highest BCUT2D eigenvalue weighted by Crippen LogP contribution is 2.17. The maximum absolute atomic E-state index is 11.7. The van der Waals surface area contributed by atoms with E-state index in [1.807, 2.05) is 11.0 Å². The molecule has 110 valence electrons. The summed E-state index contributed by atoms with van der Waals surface area (Å²) in [4.78, 5) is 24.7. The molecule has 0 atom stereocenters. The van der Waals surface area contributed by atoms with E-state index >= 15 is 0 Å². The molecule has 20 heavy (non-hydrogen) atoms. The van der Waals surface area contributed by atoms with Gasteiger partial charge in [-0.15, -0.1) is 11.6 Å². The van der Waals surface area contributed by atoms with E-state index in [-0.39, 0.29) is 17.4 Å². The van der Waals surface area contributed by atoms with Crippen LogP contribution in [-0.4, -0.2) is 42.2 Å². The maximum atomic E-state index is 11.7. The van der Waals surface area contributed by atoms with Crippen LogP contribution < -0.4 is 11.1 Å². The zero-order chi connectivity index (χ0) is 15.0. The van der Waals surface area contributed by atoms with Crippen LogP contribution in [0.5, 0.6) is 0 Å². The van der Waals surface area contributed by atoms with Crippen molar-refractivity contribution in [1.29, 1.82) is 5.26 Å². The normalized spacial score (nSPS) is 16.6. The van der Waals surface area contributed by atoms with E-state index in [1.165, 1.54) is 0 Å². The van der Waals surface area contributed by atoms with Gasteiger partial charge in [0.25, 0.3) is 5.91 Å². The van der Waals surface area contributed by atoms with Gasteiger partial charge in [0, 0.05) is 37.6 Å². The number of alkyl halides is 1. The van der Waals surface area contributed by atoms with Crippen molar-refractivity contribution in [2.75, 3.05) is 25.5 Å².